The number of carbonyl (C=O) groups excluding carboxylic acids is 2. The van der Waals surface area contributed by atoms with Crippen LogP contribution in [0.25, 0.3) is 0 Å². The van der Waals surface area contributed by atoms with Crippen LogP contribution in [0.3, 0.4) is 0 Å². The van der Waals surface area contributed by atoms with Crippen LogP contribution in [0.15, 0.2) is 11.8 Å². The summed E-state index contributed by atoms with van der Waals surface area (Å²) in [5.41, 5.74) is 0. The quantitative estimate of drug-likeness (QED) is 0.0789. The summed E-state index contributed by atoms with van der Waals surface area (Å²) < 4.78 is 43.9. The van der Waals surface area contributed by atoms with Crippen molar-refractivity contribution in [2.75, 3.05) is 6.61 Å². The van der Waals surface area contributed by atoms with Crippen molar-refractivity contribution in [2.45, 2.75) is 49.8 Å². The van der Waals surface area contributed by atoms with E-state index in [0.717, 1.165) is 6.92 Å². The van der Waals surface area contributed by atoms with Crippen molar-refractivity contribution in [3.05, 3.63) is 11.8 Å². The second-order valence-corrected chi connectivity index (χ2v) is 7.13. The van der Waals surface area contributed by atoms with Crippen molar-refractivity contribution < 1.29 is 66.5 Å². The zero-order chi connectivity index (χ0) is 23.2. The fraction of sp³-hybridized carbons (Fsp3) is 0.643. The van der Waals surface area contributed by atoms with Gasteiger partial charge in [-0.2, -0.15) is 8.42 Å². The zero-order valence-electron chi connectivity index (χ0n) is 17.3. The Balaban J connectivity index is 0. The molecule has 174 valence electrons. The molecule has 18 heteroatoms. The monoisotopic (exact) mass is 505 g/mol. The Bertz CT molecular complexity index is 777. The number of hydrogen-bond acceptors (Lipinski definition) is 12. The number of carbonyl (C=O) groups is 3. The van der Waals surface area contributed by atoms with Crippen molar-refractivity contribution in [1.29, 1.82) is 0 Å². The van der Waals surface area contributed by atoms with Crippen LogP contribution >= 0.6 is 0 Å². The van der Waals surface area contributed by atoms with Gasteiger partial charge in [0, 0.05) is 66.0 Å². The molecule has 0 bridgehead atoms. The number of carboxylic acids is 1. The van der Waals surface area contributed by atoms with Crippen LogP contribution < -0.4 is 5.32 Å². The Hall–Kier alpha value is -0.180. The second kappa shape index (κ2) is 14.9. The molecule has 7 atom stereocenters. The first-order valence-electron chi connectivity index (χ1n) is 8.10. The van der Waals surface area contributed by atoms with Crippen LogP contribution in [-0.4, -0.2) is 165 Å². The Kier molecular flexibility index (Phi) is 15.9. The molecule has 1 rings (SSSR count). The standard InChI is InChI=1S/C14H21NO14S.2Na/c1-5(17)15-6(3-16)10(20)12(8(19)4-27-30(24,25)26)29-14-11(21)7(18)2-9(28-14)13(22)23;;/h2-3,6-8,10-12,14,18-21H,4H2,1H3,(H,15,17)(H,22,23)(H,24,25,26);;/t6-,7-,8+,10+,11+,12+,14-;;/m0../s1. The smallest absolute Gasteiger partial charge is 0.397 e. The number of aliphatic hydroxyl groups excluding tert-OH is 4. The molecule has 15 nitrogen and oxygen atoms in total. The van der Waals surface area contributed by atoms with Crippen molar-refractivity contribution in [3.63, 3.8) is 0 Å². The van der Waals surface area contributed by atoms with Gasteiger partial charge in [-0.25, -0.2) is 8.98 Å². The van der Waals surface area contributed by atoms with E-state index in [9.17, 15) is 43.2 Å². The minimum Gasteiger partial charge on any atom is -0.475 e. The van der Waals surface area contributed by atoms with Crippen molar-refractivity contribution >= 4 is 87.7 Å². The Labute approximate surface area is 226 Å². The van der Waals surface area contributed by atoms with Gasteiger partial charge in [0.05, 0.1) is 6.61 Å². The van der Waals surface area contributed by atoms with E-state index < -0.39 is 77.5 Å². The van der Waals surface area contributed by atoms with Gasteiger partial charge in [0.1, 0.15) is 42.8 Å². The van der Waals surface area contributed by atoms with E-state index in [4.69, 9.17) is 19.1 Å². The van der Waals surface area contributed by atoms with Crippen molar-refractivity contribution in [2.24, 2.45) is 0 Å². The van der Waals surface area contributed by atoms with Crippen LogP contribution in [0, 0.1) is 0 Å². The topological polar surface area (TPSA) is 246 Å². The number of aldehydes is 1. The third-order valence-electron chi connectivity index (χ3n) is 3.68. The van der Waals surface area contributed by atoms with Crippen molar-refractivity contribution in [1.82, 2.24) is 5.32 Å². The molecule has 0 saturated heterocycles. The first-order chi connectivity index (χ1) is 13.8. The molecule has 1 aliphatic rings. The Morgan fingerprint density at radius 2 is 1.84 bits per heavy atom. The zero-order valence-corrected chi connectivity index (χ0v) is 22.1. The van der Waals surface area contributed by atoms with Gasteiger partial charge in [-0.3, -0.25) is 9.35 Å². The molecule has 1 aliphatic heterocycles. The number of ether oxygens (including phenoxy) is 2. The number of aliphatic hydroxyl groups is 4. The molecule has 0 spiro atoms. The van der Waals surface area contributed by atoms with Gasteiger partial charge in [0.15, 0.2) is 0 Å². The fourth-order valence-electron chi connectivity index (χ4n) is 2.32. The SMILES string of the molecule is CC(=O)N[C@@H](C=O)[C@@H](O)[C@H](O[C@@H]1OC(C(=O)O)=C[C@H](O)[C@H]1O)[C@H](O)COS(=O)(=O)O.[Na].[Na]. The van der Waals surface area contributed by atoms with Crippen LogP contribution in [0.5, 0.6) is 0 Å². The predicted octanol–water partition coefficient (Wildman–Crippen LogP) is -5.10. The number of hydrogen-bond donors (Lipinski definition) is 7. The molecule has 1 heterocycles. The van der Waals surface area contributed by atoms with E-state index in [2.05, 4.69) is 4.18 Å². The van der Waals surface area contributed by atoms with Gasteiger partial charge < -0.3 is 45.1 Å². The molecule has 2 radical (unpaired) electrons. The molecule has 0 aromatic heterocycles. The maximum absolute atomic E-state index is 11.2. The summed E-state index contributed by atoms with van der Waals surface area (Å²) in [5.74, 6) is -3.30. The summed E-state index contributed by atoms with van der Waals surface area (Å²) in [6.07, 6.45) is -11.4. The first-order valence-corrected chi connectivity index (χ1v) is 9.47. The largest absolute Gasteiger partial charge is 0.475 e. The molecule has 0 unspecified atom stereocenters. The van der Waals surface area contributed by atoms with E-state index in [0.29, 0.717) is 6.08 Å². The maximum Gasteiger partial charge on any atom is 0.397 e. The average molecular weight is 505 g/mol. The van der Waals surface area contributed by atoms with Gasteiger partial charge in [-0.1, -0.05) is 0 Å². The Morgan fingerprint density at radius 3 is 2.28 bits per heavy atom. The number of nitrogens with one attached hydrogen (secondary N) is 1. The number of carboxylic acid groups (broad SMARTS) is 1. The van der Waals surface area contributed by atoms with E-state index in [1.54, 1.807) is 0 Å². The third-order valence-corrected chi connectivity index (χ3v) is 4.12. The van der Waals surface area contributed by atoms with Crippen LogP contribution in [-0.2, 0) is 38.4 Å². The van der Waals surface area contributed by atoms with Crippen LogP contribution in [0.1, 0.15) is 6.92 Å². The van der Waals surface area contributed by atoms with Gasteiger partial charge in [0.25, 0.3) is 0 Å². The summed E-state index contributed by atoms with van der Waals surface area (Å²) in [5, 5.41) is 51.1. The van der Waals surface area contributed by atoms with Crippen LogP contribution in [0.2, 0.25) is 0 Å². The summed E-state index contributed by atoms with van der Waals surface area (Å²) in [7, 11) is -5.04. The molecule has 0 aromatic carbocycles. The number of amides is 1. The van der Waals surface area contributed by atoms with Crippen LogP contribution in [0.4, 0.5) is 0 Å². The summed E-state index contributed by atoms with van der Waals surface area (Å²) in [6, 6.07) is -1.71. The molecule has 7 N–H and O–H groups in total. The summed E-state index contributed by atoms with van der Waals surface area (Å²) in [6.45, 7) is -0.232. The molecule has 0 fully saturated rings. The minimum absolute atomic E-state index is 0. The van der Waals surface area contributed by atoms with Gasteiger partial charge >= 0.3 is 16.4 Å². The Morgan fingerprint density at radius 1 is 1.28 bits per heavy atom. The average Bonchev–Trinajstić information content (AvgIpc) is 2.63. The van der Waals surface area contributed by atoms with Gasteiger partial charge in [0.2, 0.25) is 18.0 Å². The van der Waals surface area contributed by atoms with E-state index in [1.165, 1.54) is 0 Å². The van der Waals surface area contributed by atoms with E-state index >= 15 is 0 Å². The second-order valence-electron chi connectivity index (χ2n) is 6.04. The number of aliphatic carboxylic acids is 1. The van der Waals surface area contributed by atoms with E-state index in [1.807, 2.05) is 5.32 Å². The fourth-order valence-corrected chi connectivity index (χ4v) is 2.63. The normalized spacial score (nSPS) is 24.2. The van der Waals surface area contributed by atoms with Gasteiger partial charge in [-0.15, -0.1) is 0 Å². The molecule has 0 aromatic rings. The molecule has 0 saturated carbocycles. The minimum atomic E-state index is -5.04. The van der Waals surface area contributed by atoms with Crippen molar-refractivity contribution in [3.8, 4) is 0 Å². The van der Waals surface area contributed by atoms with Gasteiger partial charge in [-0.05, 0) is 6.08 Å². The first kappa shape index (κ1) is 34.0. The number of rotatable bonds is 11. The third kappa shape index (κ3) is 10.8. The summed E-state index contributed by atoms with van der Waals surface area (Å²) in [4.78, 5) is 33.4. The summed E-state index contributed by atoms with van der Waals surface area (Å²) >= 11 is 0. The molecular weight excluding hydrogens is 484 g/mol. The molecular formula is C14H21NNa2O14S. The van der Waals surface area contributed by atoms with E-state index in [-0.39, 0.29) is 65.4 Å². The maximum atomic E-state index is 11.2. The molecule has 1 amide bonds. The predicted molar refractivity (Wildman–Crippen MR) is 102 cm³/mol. The molecule has 0 aliphatic carbocycles. The molecule has 32 heavy (non-hydrogen) atoms.